The van der Waals surface area contributed by atoms with Crippen LogP contribution in [0.2, 0.25) is 0 Å². The molecule has 3 aromatic carbocycles. The van der Waals surface area contributed by atoms with Crippen molar-refractivity contribution in [2.75, 3.05) is 24.7 Å². The van der Waals surface area contributed by atoms with Crippen LogP contribution in [0.25, 0.3) is 0 Å². The molecule has 3 unspecified atom stereocenters. The maximum absolute atomic E-state index is 13.0. The molecule has 0 radical (unpaired) electrons. The number of hydrogen-bond acceptors (Lipinski definition) is 5. The molecule has 234 valence electrons. The van der Waals surface area contributed by atoms with E-state index in [1.54, 1.807) is 24.3 Å². The Hall–Kier alpha value is -3.34. The molecule has 2 N–H and O–H groups in total. The van der Waals surface area contributed by atoms with Crippen molar-refractivity contribution in [3.05, 3.63) is 83.4 Å². The van der Waals surface area contributed by atoms with Gasteiger partial charge in [-0.2, -0.15) is 22.0 Å². The first-order valence-electron chi connectivity index (χ1n) is 14.1. The van der Waals surface area contributed by atoms with Crippen LogP contribution in [0.4, 0.5) is 22.0 Å². The van der Waals surface area contributed by atoms with Crippen molar-refractivity contribution < 1.29 is 45.8 Å². The van der Waals surface area contributed by atoms with Gasteiger partial charge in [0, 0.05) is 51.7 Å². The van der Waals surface area contributed by atoms with Crippen molar-refractivity contribution in [1.29, 1.82) is 0 Å². The van der Waals surface area contributed by atoms with Crippen LogP contribution in [-0.4, -0.2) is 51.2 Å². The summed E-state index contributed by atoms with van der Waals surface area (Å²) in [5.41, 5.74) is 2.36. The van der Waals surface area contributed by atoms with Gasteiger partial charge in [-0.3, -0.25) is 4.21 Å². The lowest BCUT2D eigenvalue weighted by atomic mass is 9.65. The molecule has 1 aliphatic rings. The van der Waals surface area contributed by atoms with Crippen molar-refractivity contribution in [2.45, 2.75) is 62.5 Å². The van der Waals surface area contributed by atoms with E-state index in [1.165, 1.54) is 0 Å². The smallest absolute Gasteiger partial charge is 0.453 e. The Kier molecular flexibility index (Phi) is 10.2. The molecule has 11 heteroatoms. The summed E-state index contributed by atoms with van der Waals surface area (Å²) in [4.78, 5) is 0. The molecule has 0 aliphatic carbocycles. The fourth-order valence-corrected chi connectivity index (χ4v) is 6.59. The highest BCUT2D eigenvalue weighted by molar-refractivity contribution is 7.84. The molecule has 43 heavy (non-hydrogen) atoms. The number of rotatable bonds is 13. The minimum Gasteiger partial charge on any atom is -0.508 e. The van der Waals surface area contributed by atoms with Gasteiger partial charge in [-0.25, -0.2) is 0 Å². The first-order valence-corrected chi connectivity index (χ1v) is 15.6. The van der Waals surface area contributed by atoms with Crippen molar-refractivity contribution in [2.24, 2.45) is 0 Å². The molecule has 1 heterocycles. The zero-order chi connectivity index (χ0) is 31.3. The lowest BCUT2D eigenvalue weighted by Crippen LogP contribution is -2.40. The van der Waals surface area contributed by atoms with Crippen molar-refractivity contribution in [3.63, 3.8) is 0 Å². The van der Waals surface area contributed by atoms with E-state index in [-0.39, 0.29) is 28.9 Å². The van der Waals surface area contributed by atoms with E-state index >= 15 is 0 Å². The summed E-state index contributed by atoms with van der Waals surface area (Å²) < 4.78 is 86.9. The molecule has 3 atom stereocenters. The summed E-state index contributed by atoms with van der Waals surface area (Å²) >= 11 is 0. The Labute approximate surface area is 250 Å². The van der Waals surface area contributed by atoms with E-state index < -0.39 is 41.2 Å². The maximum atomic E-state index is 13.0. The maximum Gasteiger partial charge on any atom is 0.453 e. The van der Waals surface area contributed by atoms with Crippen LogP contribution in [0.1, 0.15) is 61.6 Å². The Balaban J connectivity index is 1.34. The fourth-order valence-electron chi connectivity index (χ4n) is 5.40. The van der Waals surface area contributed by atoms with E-state index in [2.05, 4.69) is 6.92 Å². The molecule has 0 aromatic heterocycles. The first kappa shape index (κ1) is 32.6. The third-order valence-electron chi connectivity index (χ3n) is 7.75. The van der Waals surface area contributed by atoms with Crippen molar-refractivity contribution in [3.8, 4) is 23.0 Å². The summed E-state index contributed by atoms with van der Waals surface area (Å²) in [6.07, 6.45) is -5.53. The van der Waals surface area contributed by atoms with Gasteiger partial charge >= 0.3 is 12.1 Å². The van der Waals surface area contributed by atoms with Gasteiger partial charge in [0.25, 0.3) is 0 Å². The van der Waals surface area contributed by atoms with Gasteiger partial charge in [0.05, 0.1) is 13.2 Å². The van der Waals surface area contributed by atoms with Crippen LogP contribution in [0.3, 0.4) is 0 Å². The van der Waals surface area contributed by atoms with Crippen LogP contribution >= 0.6 is 0 Å². The van der Waals surface area contributed by atoms with E-state index in [9.17, 15) is 36.4 Å². The number of benzene rings is 3. The number of ether oxygens (including phenoxy) is 2. The minimum atomic E-state index is -5.58. The average molecular weight is 627 g/mol. The monoisotopic (exact) mass is 626 g/mol. The summed E-state index contributed by atoms with van der Waals surface area (Å²) in [5, 5.41) is 19.9. The fraction of sp³-hybridized carbons (Fsp3) is 0.438. The first-order chi connectivity index (χ1) is 20.3. The molecular formula is C32H35F5O5S. The zero-order valence-corrected chi connectivity index (χ0v) is 24.5. The standard InChI is InChI=1S/C32H35F5O5S/c1-30(23-9-11-24(38)12-10-23)21-42-28-20-25(39)13-14-27(28)29(30)22-7-5-8-26(19-22)41-16-3-2-4-17-43(40)18-6-15-31(33,34)32(35,36)37/h5,7-14,19-20,29,38-39H,2-4,6,15-18,21H2,1H3. The van der Waals surface area contributed by atoms with Crippen LogP contribution in [0, 0.1) is 0 Å². The van der Waals surface area contributed by atoms with Crippen LogP contribution in [0.5, 0.6) is 23.0 Å². The highest BCUT2D eigenvalue weighted by atomic mass is 32.2. The molecule has 0 amide bonds. The minimum absolute atomic E-state index is 0.106. The van der Waals surface area contributed by atoms with Gasteiger partial charge in [0.2, 0.25) is 0 Å². The lowest BCUT2D eigenvalue weighted by molar-refractivity contribution is -0.284. The topological polar surface area (TPSA) is 76.0 Å². The number of phenolic OH excluding ortho intramolecular Hbond substituents is 2. The second-order valence-corrected chi connectivity index (χ2v) is 12.7. The molecule has 3 aromatic rings. The Morgan fingerprint density at radius 3 is 2.33 bits per heavy atom. The molecular weight excluding hydrogens is 591 g/mol. The molecule has 0 fully saturated rings. The number of alkyl halides is 5. The summed E-state index contributed by atoms with van der Waals surface area (Å²) in [6.45, 7) is 2.83. The van der Waals surface area contributed by atoms with Crippen molar-refractivity contribution >= 4 is 10.8 Å². The summed E-state index contributed by atoms with van der Waals surface area (Å²) in [7, 11) is -1.45. The van der Waals surface area contributed by atoms with Gasteiger partial charge in [-0.15, -0.1) is 0 Å². The largest absolute Gasteiger partial charge is 0.508 e. The number of fused-ring (bicyclic) bond motifs is 1. The highest BCUT2D eigenvalue weighted by Gasteiger charge is 2.56. The quantitative estimate of drug-likeness (QED) is 0.149. The van der Waals surface area contributed by atoms with Gasteiger partial charge < -0.3 is 19.7 Å². The Morgan fingerprint density at radius 1 is 0.907 bits per heavy atom. The predicted molar refractivity (Wildman–Crippen MR) is 155 cm³/mol. The summed E-state index contributed by atoms with van der Waals surface area (Å²) in [6, 6.07) is 19.9. The van der Waals surface area contributed by atoms with Gasteiger partial charge in [-0.05, 0) is 67.1 Å². The Bertz CT molecular complexity index is 1400. The van der Waals surface area contributed by atoms with Crippen LogP contribution < -0.4 is 9.47 Å². The second-order valence-electron chi connectivity index (χ2n) is 11.0. The second kappa shape index (κ2) is 13.5. The summed E-state index contributed by atoms with van der Waals surface area (Å²) in [5.74, 6) is -3.34. The van der Waals surface area contributed by atoms with E-state index in [4.69, 9.17) is 9.47 Å². The van der Waals surface area contributed by atoms with E-state index in [0.29, 0.717) is 44.0 Å². The number of phenols is 2. The van der Waals surface area contributed by atoms with Gasteiger partial charge in [0.15, 0.2) is 0 Å². The number of unbranched alkanes of at least 4 members (excludes halogenated alkanes) is 2. The molecule has 0 saturated carbocycles. The average Bonchev–Trinajstić information content (AvgIpc) is 2.94. The van der Waals surface area contributed by atoms with Crippen LogP contribution in [0.15, 0.2) is 66.7 Å². The third kappa shape index (κ3) is 7.99. The highest BCUT2D eigenvalue weighted by Crippen LogP contribution is 2.51. The lowest BCUT2D eigenvalue weighted by Gasteiger charge is -2.43. The van der Waals surface area contributed by atoms with Gasteiger partial charge in [-0.1, -0.05) is 37.3 Å². The molecule has 0 saturated heterocycles. The number of halogens is 5. The third-order valence-corrected chi connectivity index (χ3v) is 9.24. The molecule has 0 bridgehead atoms. The molecule has 5 nitrogen and oxygen atoms in total. The van der Waals surface area contributed by atoms with Gasteiger partial charge in [0.1, 0.15) is 23.0 Å². The molecule has 4 rings (SSSR count). The normalized spacial score (nSPS) is 19.3. The van der Waals surface area contributed by atoms with E-state index in [1.807, 2.05) is 42.5 Å². The zero-order valence-electron chi connectivity index (χ0n) is 23.7. The van der Waals surface area contributed by atoms with Crippen LogP contribution in [-0.2, 0) is 16.2 Å². The molecule has 1 aliphatic heterocycles. The predicted octanol–water partition coefficient (Wildman–Crippen LogP) is 7.86. The number of hydrogen-bond donors (Lipinski definition) is 2. The SMILES string of the molecule is CC1(c2ccc(O)cc2)COc2cc(O)ccc2C1c1cccc(OCCCCCS(=O)CCCC(F)(F)C(F)(F)F)c1. The number of aromatic hydroxyl groups is 2. The Morgan fingerprint density at radius 2 is 1.60 bits per heavy atom. The van der Waals surface area contributed by atoms with E-state index in [0.717, 1.165) is 16.7 Å². The molecule has 0 spiro atoms. The van der Waals surface area contributed by atoms with Crippen molar-refractivity contribution in [1.82, 2.24) is 0 Å².